The van der Waals surface area contributed by atoms with Crippen LogP contribution in [0.15, 0.2) is 30.3 Å². The Morgan fingerprint density at radius 1 is 1.20 bits per heavy atom. The van der Waals surface area contributed by atoms with E-state index in [9.17, 15) is 14.5 Å². The first-order valence-electron chi connectivity index (χ1n) is 6.63. The lowest BCUT2D eigenvalue weighted by atomic mass is 10.1. The van der Waals surface area contributed by atoms with Gasteiger partial charge in [-0.25, -0.2) is 0 Å². The molecule has 0 aliphatic rings. The van der Waals surface area contributed by atoms with Crippen LogP contribution in [0.1, 0.15) is 31.9 Å². The van der Waals surface area contributed by atoms with Gasteiger partial charge in [0.1, 0.15) is 11.9 Å². The minimum atomic E-state index is -3.38. The molecular formula is C14H21O5P. The molecule has 0 bridgehead atoms. The number of hydrogen-bond donors (Lipinski definition) is 1. The van der Waals surface area contributed by atoms with Gasteiger partial charge in [0.25, 0.3) is 0 Å². The lowest BCUT2D eigenvalue weighted by Crippen LogP contribution is -2.13. The van der Waals surface area contributed by atoms with Gasteiger partial charge in [-0.15, -0.1) is 0 Å². The van der Waals surface area contributed by atoms with Crippen molar-refractivity contribution >= 4 is 13.4 Å². The molecule has 1 rings (SSSR count). The van der Waals surface area contributed by atoms with Crippen LogP contribution >= 0.6 is 7.60 Å². The molecule has 0 aliphatic carbocycles. The van der Waals surface area contributed by atoms with Crippen LogP contribution in [-0.4, -0.2) is 30.3 Å². The predicted molar refractivity (Wildman–Crippen MR) is 76.8 cm³/mol. The van der Waals surface area contributed by atoms with Gasteiger partial charge < -0.3 is 14.2 Å². The second-order valence-electron chi connectivity index (χ2n) is 4.27. The predicted octanol–water partition coefficient (Wildman–Crippen LogP) is 2.95. The summed E-state index contributed by atoms with van der Waals surface area (Å²) in [5, 5.41) is 9.96. The maximum Gasteiger partial charge on any atom is 0.338 e. The zero-order chi connectivity index (χ0) is 15.0. The molecule has 1 aromatic rings. The van der Waals surface area contributed by atoms with Gasteiger partial charge >= 0.3 is 7.60 Å². The summed E-state index contributed by atoms with van der Waals surface area (Å²) in [5.41, 5.74) is 0.656. The van der Waals surface area contributed by atoms with Gasteiger partial charge in [0.15, 0.2) is 0 Å². The molecular weight excluding hydrogens is 279 g/mol. The highest BCUT2D eigenvalue weighted by Gasteiger charge is 2.28. The van der Waals surface area contributed by atoms with Crippen molar-refractivity contribution in [2.45, 2.75) is 26.4 Å². The number of ketones is 1. The summed E-state index contributed by atoms with van der Waals surface area (Å²) in [6, 6.07) is 8.88. The molecule has 0 fully saturated rings. The SMILES string of the molecule is CCOP(=O)(CC(=O)CC(O)c1ccccc1)OCC. The fourth-order valence-electron chi connectivity index (χ4n) is 1.81. The van der Waals surface area contributed by atoms with E-state index in [2.05, 4.69) is 0 Å². The molecule has 0 aliphatic heterocycles. The highest BCUT2D eigenvalue weighted by molar-refractivity contribution is 7.54. The summed E-state index contributed by atoms with van der Waals surface area (Å²) < 4.78 is 22.3. The first-order chi connectivity index (χ1) is 9.50. The van der Waals surface area contributed by atoms with Crippen molar-refractivity contribution in [1.82, 2.24) is 0 Å². The number of benzene rings is 1. The number of hydrogen-bond acceptors (Lipinski definition) is 5. The van der Waals surface area contributed by atoms with Gasteiger partial charge in [-0.05, 0) is 19.4 Å². The molecule has 0 saturated heterocycles. The van der Waals surface area contributed by atoms with Crippen molar-refractivity contribution in [1.29, 1.82) is 0 Å². The van der Waals surface area contributed by atoms with E-state index in [4.69, 9.17) is 9.05 Å². The highest BCUT2D eigenvalue weighted by Crippen LogP contribution is 2.48. The van der Waals surface area contributed by atoms with Crippen molar-refractivity contribution in [3.8, 4) is 0 Å². The molecule has 20 heavy (non-hydrogen) atoms. The van der Waals surface area contributed by atoms with Crippen LogP contribution in [0.5, 0.6) is 0 Å². The summed E-state index contributed by atoms with van der Waals surface area (Å²) in [7, 11) is -3.38. The second kappa shape index (κ2) is 8.32. The lowest BCUT2D eigenvalue weighted by molar-refractivity contribution is -0.118. The van der Waals surface area contributed by atoms with Gasteiger partial charge in [0.2, 0.25) is 0 Å². The molecule has 1 unspecified atom stereocenters. The number of carbonyl (C=O) groups is 1. The minimum absolute atomic E-state index is 0.103. The van der Waals surface area contributed by atoms with Crippen LogP contribution in [0, 0.1) is 0 Å². The van der Waals surface area contributed by atoms with E-state index in [-0.39, 0.29) is 31.6 Å². The van der Waals surface area contributed by atoms with Gasteiger partial charge in [-0.1, -0.05) is 30.3 Å². The van der Waals surface area contributed by atoms with E-state index < -0.39 is 13.7 Å². The summed E-state index contributed by atoms with van der Waals surface area (Å²) in [6.45, 7) is 3.81. The molecule has 0 amide bonds. The number of carbonyl (C=O) groups excluding carboxylic acids is 1. The molecule has 1 atom stereocenters. The monoisotopic (exact) mass is 300 g/mol. The molecule has 0 saturated carbocycles. The smallest absolute Gasteiger partial charge is 0.338 e. The third kappa shape index (κ3) is 5.55. The van der Waals surface area contributed by atoms with Crippen molar-refractivity contribution in [3.05, 3.63) is 35.9 Å². The third-order valence-corrected chi connectivity index (χ3v) is 4.67. The van der Waals surface area contributed by atoms with E-state index in [0.717, 1.165) is 0 Å². The van der Waals surface area contributed by atoms with Gasteiger partial charge in [-0.2, -0.15) is 0 Å². The number of aliphatic hydroxyl groups excluding tert-OH is 1. The molecule has 0 radical (unpaired) electrons. The molecule has 112 valence electrons. The maximum absolute atomic E-state index is 12.2. The topological polar surface area (TPSA) is 72.8 Å². The van der Waals surface area contributed by atoms with Crippen LogP contribution in [0.4, 0.5) is 0 Å². The van der Waals surface area contributed by atoms with E-state index in [1.807, 2.05) is 6.07 Å². The van der Waals surface area contributed by atoms with Crippen LogP contribution in [0.3, 0.4) is 0 Å². The van der Waals surface area contributed by atoms with E-state index in [1.54, 1.807) is 38.1 Å². The van der Waals surface area contributed by atoms with Crippen molar-refractivity contribution in [2.75, 3.05) is 19.4 Å². The molecule has 0 aromatic heterocycles. The van der Waals surface area contributed by atoms with E-state index >= 15 is 0 Å². The lowest BCUT2D eigenvalue weighted by Gasteiger charge is -2.17. The number of aliphatic hydroxyl groups is 1. The van der Waals surface area contributed by atoms with Crippen molar-refractivity contribution in [2.24, 2.45) is 0 Å². The molecule has 0 spiro atoms. The Morgan fingerprint density at radius 2 is 1.75 bits per heavy atom. The zero-order valence-electron chi connectivity index (χ0n) is 11.8. The Labute approximate surface area is 119 Å². The molecule has 6 heteroatoms. The van der Waals surface area contributed by atoms with Crippen LogP contribution in [-0.2, 0) is 18.4 Å². The Bertz CT molecular complexity index is 450. The van der Waals surface area contributed by atoms with Crippen LogP contribution in [0.25, 0.3) is 0 Å². The summed E-state index contributed by atoms with van der Waals surface area (Å²) in [6.07, 6.45) is -1.31. The van der Waals surface area contributed by atoms with Gasteiger partial charge in [0.05, 0.1) is 19.3 Å². The number of Topliss-reactive ketones (excluding diaryl/α,β-unsaturated/α-hetero) is 1. The van der Waals surface area contributed by atoms with Gasteiger partial charge in [-0.3, -0.25) is 9.36 Å². The maximum atomic E-state index is 12.2. The Kier molecular flexibility index (Phi) is 7.10. The molecule has 5 nitrogen and oxygen atoms in total. The quantitative estimate of drug-likeness (QED) is 0.710. The van der Waals surface area contributed by atoms with Crippen molar-refractivity contribution in [3.63, 3.8) is 0 Å². The summed E-state index contributed by atoms with van der Waals surface area (Å²) in [5.74, 6) is -0.341. The fourth-order valence-corrected chi connectivity index (χ4v) is 3.42. The standard InChI is InChI=1S/C14H21O5P/c1-3-18-20(17,19-4-2)11-13(15)10-14(16)12-8-6-5-7-9-12/h5-9,14,16H,3-4,10-11H2,1-2H3. The average Bonchev–Trinajstić information content (AvgIpc) is 2.39. The van der Waals surface area contributed by atoms with Crippen LogP contribution in [0.2, 0.25) is 0 Å². The molecule has 1 aromatic carbocycles. The summed E-state index contributed by atoms with van der Waals surface area (Å²) in [4.78, 5) is 11.9. The highest BCUT2D eigenvalue weighted by atomic mass is 31.2. The third-order valence-electron chi connectivity index (χ3n) is 2.63. The first-order valence-corrected chi connectivity index (χ1v) is 8.36. The van der Waals surface area contributed by atoms with E-state index in [0.29, 0.717) is 5.56 Å². The van der Waals surface area contributed by atoms with Gasteiger partial charge in [0, 0.05) is 6.42 Å². The summed E-state index contributed by atoms with van der Waals surface area (Å²) >= 11 is 0. The normalized spacial score (nSPS) is 13.2. The number of rotatable bonds is 9. The first kappa shape index (κ1) is 17.1. The average molecular weight is 300 g/mol. The largest absolute Gasteiger partial charge is 0.388 e. The molecule has 0 heterocycles. The Balaban J connectivity index is 2.60. The van der Waals surface area contributed by atoms with Crippen LogP contribution < -0.4 is 0 Å². The molecule has 1 N–H and O–H groups in total. The zero-order valence-corrected chi connectivity index (χ0v) is 12.7. The van der Waals surface area contributed by atoms with E-state index in [1.165, 1.54) is 0 Å². The fraction of sp³-hybridized carbons (Fsp3) is 0.500. The van der Waals surface area contributed by atoms with Crippen molar-refractivity contribution < 1.29 is 23.5 Å². The Hall–Kier alpha value is -1.00. The minimum Gasteiger partial charge on any atom is -0.388 e. The second-order valence-corrected chi connectivity index (χ2v) is 6.33. The Morgan fingerprint density at radius 3 is 2.25 bits per heavy atom.